The van der Waals surface area contributed by atoms with Gasteiger partial charge in [-0.15, -0.1) is 5.10 Å². The van der Waals surface area contributed by atoms with E-state index in [9.17, 15) is 9.59 Å². The molecular weight excluding hydrogens is 344 g/mol. The predicted molar refractivity (Wildman–Crippen MR) is 101 cm³/mol. The number of aryl methyl sites for hydroxylation is 1. The molecule has 0 radical (unpaired) electrons. The van der Waals surface area contributed by atoms with E-state index in [0.29, 0.717) is 30.7 Å². The summed E-state index contributed by atoms with van der Waals surface area (Å²) < 4.78 is 8.14. The minimum absolute atomic E-state index is 0.0894. The Morgan fingerprint density at radius 3 is 2.85 bits per heavy atom. The molecule has 1 amide bonds. The third kappa shape index (κ3) is 3.82. The van der Waals surface area contributed by atoms with Gasteiger partial charge in [0.25, 0.3) is 0 Å². The molecule has 7 nitrogen and oxygen atoms in total. The Bertz CT molecular complexity index is 1130. The summed E-state index contributed by atoms with van der Waals surface area (Å²) in [6, 6.07) is 16.5. The number of carbonyl (C=O) groups is 1. The van der Waals surface area contributed by atoms with Crippen molar-refractivity contribution in [1.82, 2.24) is 14.2 Å². The van der Waals surface area contributed by atoms with Gasteiger partial charge in [0, 0.05) is 24.7 Å². The zero-order valence-corrected chi connectivity index (χ0v) is 14.5. The Morgan fingerprint density at radius 1 is 1.11 bits per heavy atom. The molecule has 0 saturated carbocycles. The maximum absolute atomic E-state index is 12.4. The molecular formula is C20H18N4O3. The number of aromatic nitrogens is 3. The molecule has 7 heteroatoms. The summed E-state index contributed by atoms with van der Waals surface area (Å²) >= 11 is 0. The largest absolute Gasteiger partial charge is 0.469 e. The first-order chi connectivity index (χ1) is 13.2. The standard InChI is InChI=1S/C20H18N4O3/c25-19(10-9-17-7-4-12-27-17)21-16-6-3-5-15(13-16)14-24-20(26)23-11-2-1-8-18(23)22-24/h1-8,11-13H,9-10,14H2,(H,21,25). The van der Waals surface area contributed by atoms with Crippen molar-refractivity contribution in [1.29, 1.82) is 0 Å². The first-order valence-electron chi connectivity index (χ1n) is 8.64. The molecule has 0 atom stereocenters. The minimum atomic E-state index is -0.196. The summed E-state index contributed by atoms with van der Waals surface area (Å²) in [6.45, 7) is 0.330. The van der Waals surface area contributed by atoms with Gasteiger partial charge in [-0.05, 0) is 42.0 Å². The van der Waals surface area contributed by atoms with Crippen LogP contribution in [-0.4, -0.2) is 20.1 Å². The molecule has 136 valence electrons. The zero-order valence-electron chi connectivity index (χ0n) is 14.5. The van der Waals surface area contributed by atoms with Gasteiger partial charge in [0.15, 0.2) is 5.65 Å². The van der Waals surface area contributed by atoms with Gasteiger partial charge in [-0.25, -0.2) is 9.48 Å². The van der Waals surface area contributed by atoms with Crippen LogP contribution in [0.5, 0.6) is 0 Å². The third-order valence-electron chi connectivity index (χ3n) is 4.21. The van der Waals surface area contributed by atoms with Gasteiger partial charge >= 0.3 is 5.69 Å². The second-order valence-electron chi connectivity index (χ2n) is 6.20. The summed E-state index contributed by atoms with van der Waals surface area (Å²) in [5.41, 5.74) is 1.97. The summed E-state index contributed by atoms with van der Waals surface area (Å²) in [6.07, 6.45) is 4.17. The molecule has 0 aliphatic heterocycles. The zero-order chi connectivity index (χ0) is 18.6. The number of fused-ring (bicyclic) bond motifs is 1. The minimum Gasteiger partial charge on any atom is -0.469 e. The van der Waals surface area contributed by atoms with Crippen LogP contribution in [0.15, 0.2) is 76.3 Å². The molecule has 0 aliphatic rings. The molecule has 0 unspecified atom stereocenters. The number of nitrogens with zero attached hydrogens (tertiary/aromatic N) is 3. The van der Waals surface area contributed by atoms with E-state index < -0.39 is 0 Å². The highest BCUT2D eigenvalue weighted by atomic mass is 16.3. The molecule has 3 aromatic heterocycles. The summed E-state index contributed by atoms with van der Waals surface area (Å²) in [4.78, 5) is 24.5. The Hall–Kier alpha value is -3.61. The van der Waals surface area contributed by atoms with Gasteiger partial charge in [-0.1, -0.05) is 18.2 Å². The maximum atomic E-state index is 12.4. The van der Waals surface area contributed by atoms with Crippen molar-refractivity contribution in [2.45, 2.75) is 19.4 Å². The number of hydrogen-bond donors (Lipinski definition) is 1. The van der Waals surface area contributed by atoms with Gasteiger partial charge in [0.2, 0.25) is 5.91 Å². The average molecular weight is 362 g/mol. The highest BCUT2D eigenvalue weighted by Crippen LogP contribution is 2.13. The van der Waals surface area contributed by atoms with Crippen LogP contribution < -0.4 is 11.0 Å². The number of pyridine rings is 1. The highest BCUT2D eigenvalue weighted by molar-refractivity contribution is 5.90. The van der Waals surface area contributed by atoms with Crippen LogP contribution in [0, 0.1) is 0 Å². The number of nitrogens with one attached hydrogen (secondary N) is 1. The molecule has 1 aromatic carbocycles. The van der Waals surface area contributed by atoms with E-state index in [1.807, 2.05) is 36.4 Å². The van der Waals surface area contributed by atoms with Crippen LogP contribution >= 0.6 is 0 Å². The fraction of sp³-hybridized carbons (Fsp3) is 0.150. The summed E-state index contributed by atoms with van der Waals surface area (Å²) in [5.74, 6) is 0.693. The van der Waals surface area contributed by atoms with E-state index in [1.54, 1.807) is 30.7 Å². The molecule has 3 heterocycles. The Labute approximate surface area is 154 Å². The topological polar surface area (TPSA) is 81.5 Å². The lowest BCUT2D eigenvalue weighted by molar-refractivity contribution is -0.116. The number of amides is 1. The number of furan rings is 1. The van der Waals surface area contributed by atoms with Crippen molar-refractivity contribution in [2.75, 3.05) is 5.32 Å². The van der Waals surface area contributed by atoms with Crippen molar-refractivity contribution in [2.24, 2.45) is 0 Å². The number of anilines is 1. The van der Waals surface area contributed by atoms with Crippen LogP contribution in [0.2, 0.25) is 0 Å². The second kappa shape index (κ2) is 7.33. The van der Waals surface area contributed by atoms with Crippen molar-refractivity contribution >= 4 is 17.2 Å². The lowest BCUT2D eigenvalue weighted by Crippen LogP contribution is -2.21. The number of benzene rings is 1. The number of hydrogen-bond acceptors (Lipinski definition) is 4. The monoisotopic (exact) mass is 362 g/mol. The molecule has 0 bridgehead atoms. The number of carbonyl (C=O) groups excluding carboxylic acids is 1. The number of rotatable bonds is 6. The van der Waals surface area contributed by atoms with E-state index in [0.717, 1.165) is 11.3 Å². The van der Waals surface area contributed by atoms with Gasteiger partial charge in [0.05, 0.1) is 12.8 Å². The second-order valence-corrected chi connectivity index (χ2v) is 6.20. The van der Waals surface area contributed by atoms with E-state index >= 15 is 0 Å². The average Bonchev–Trinajstić information content (AvgIpc) is 3.29. The van der Waals surface area contributed by atoms with E-state index in [-0.39, 0.29) is 11.6 Å². The first-order valence-corrected chi connectivity index (χ1v) is 8.64. The quantitative estimate of drug-likeness (QED) is 0.572. The van der Waals surface area contributed by atoms with Crippen molar-refractivity contribution in [3.63, 3.8) is 0 Å². The van der Waals surface area contributed by atoms with Crippen molar-refractivity contribution < 1.29 is 9.21 Å². The van der Waals surface area contributed by atoms with Crippen molar-refractivity contribution in [3.8, 4) is 0 Å². The summed E-state index contributed by atoms with van der Waals surface area (Å²) in [7, 11) is 0. The van der Waals surface area contributed by atoms with Crippen LogP contribution in [0.4, 0.5) is 5.69 Å². The molecule has 1 N–H and O–H groups in total. The van der Waals surface area contributed by atoms with E-state index in [2.05, 4.69) is 10.4 Å². The van der Waals surface area contributed by atoms with Gasteiger partial charge < -0.3 is 9.73 Å². The predicted octanol–water partition coefficient (Wildman–Crippen LogP) is 2.71. The molecule has 0 aliphatic carbocycles. The van der Waals surface area contributed by atoms with Crippen LogP contribution in [0.25, 0.3) is 5.65 Å². The van der Waals surface area contributed by atoms with Gasteiger partial charge in [-0.2, -0.15) is 0 Å². The molecule has 4 rings (SSSR count). The van der Waals surface area contributed by atoms with Gasteiger partial charge in [-0.3, -0.25) is 9.20 Å². The SMILES string of the molecule is O=C(CCc1ccco1)Nc1cccc(Cn2nc3ccccn3c2=O)c1. The smallest absolute Gasteiger partial charge is 0.350 e. The van der Waals surface area contributed by atoms with Crippen LogP contribution in [0.3, 0.4) is 0 Å². The lowest BCUT2D eigenvalue weighted by Gasteiger charge is -2.07. The van der Waals surface area contributed by atoms with E-state index in [4.69, 9.17) is 4.42 Å². The van der Waals surface area contributed by atoms with Crippen molar-refractivity contribution in [3.05, 3.63) is 88.9 Å². The fourth-order valence-electron chi connectivity index (χ4n) is 2.91. The third-order valence-corrected chi connectivity index (χ3v) is 4.21. The Morgan fingerprint density at radius 2 is 2.04 bits per heavy atom. The first kappa shape index (κ1) is 16.8. The maximum Gasteiger partial charge on any atom is 0.350 e. The fourth-order valence-corrected chi connectivity index (χ4v) is 2.91. The molecule has 0 saturated heterocycles. The van der Waals surface area contributed by atoms with Crippen LogP contribution in [-0.2, 0) is 17.8 Å². The lowest BCUT2D eigenvalue weighted by atomic mass is 10.2. The van der Waals surface area contributed by atoms with Gasteiger partial charge in [0.1, 0.15) is 5.76 Å². The molecule has 4 aromatic rings. The molecule has 0 spiro atoms. The Kier molecular flexibility index (Phi) is 4.57. The highest BCUT2D eigenvalue weighted by Gasteiger charge is 2.08. The van der Waals surface area contributed by atoms with Crippen LogP contribution in [0.1, 0.15) is 17.7 Å². The summed E-state index contributed by atoms with van der Waals surface area (Å²) in [5, 5.41) is 7.20. The van der Waals surface area contributed by atoms with E-state index in [1.165, 1.54) is 9.08 Å². The molecule has 27 heavy (non-hydrogen) atoms. The Balaban J connectivity index is 1.44. The normalized spacial score (nSPS) is 11.0. The molecule has 0 fully saturated rings.